The minimum Gasteiger partial charge on any atom is -0.382 e. The molecule has 4 aromatic heterocycles. The topological polar surface area (TPSA) is 124 Å². The van der Waals surface area contributed by atoms with Crippen LogP contribution in [0.3, 0.4) is 0 Å². The van der Waals surface area contributed by atoms with Crippen molar-refractivity contribution in [1.82, 2.24) is 33.7 Å². The Labute approximate surface area is 208 Å². The van der Waals surface area contributed by atoms with Gasteiger partial charge in [-0.1, -0.05) is 18.2 Å². The molecule has 11 heteroatoms. The molecule has 36 heavy (non-hydrogen) atoms. The van der Waals surface area contributed by atoms with Crippen molar-refractivity contribution in [3.8, 4) is 11.1 Å². The van der Waals surface area contributed by atoms with Gasteiger partial charge in [-0.15, -0.1) is 0 Å². The van der Waals surface area contributed by atoms with Crippen molar-refractivity contribution in [2.24, 2.45) is 0 Å². The maximum absolute atomic E-state index is 12.0. The molecule has 0 radical (unpaired) electrons. The summed E-state index contributed by atoms with van der Waals surface area (Å²) < 4.78 is 29.2. The molecule has 0 amide bonds. The molecule has 1 saturated heterocycles. The lowest BCUT2D eigenvalue weighted by Gasteiger charge is -2.29. The highest BCUT2D eigenvalue weighted by atomic mass is 32.2. The van der Waals surface area contributed by atoms with Crippen LogP contribution in [0.5, 0.6) is 0 Å². The second-order valence-electron chi connectivity index (χ2n) is 9.29. The van der Waals surface area contributed by atoms with Gasteiger partial charge in [0, 0.05) is 54.2 Å². The fourth-order valence-corrected chi connectivity index (χ4v) is 5.95. The number of piperidine rings is 1. The Bertz CT molecular complexity index is 1670. The molecule has 1 aliphatic heterocycles. The number of nitrogens with zero attached hydrogens (tertiary/aromatic N) is 7. The van der Waals surface area contributed by atoms with Crippen LogP contribution in [0.1, 0.15) is 30.0 Å². The summed E-state index contributed by atoms with van der Waals surface area (Å²) >= 11 is 0. The molecule has 0 unspecified atom stereocenters. The van der Waals surface area contributed by atoms with Crippen LogP contribution in [0.4, 0.5) is 5.82 Å². The molecule has 5 heterocycles. The van der Waals surface area contributed by atoms with Crippen LogP contribution < -0.4 is 5.73 Å². The average Bonchev–Trinajstić information content (AvgIpc) is 3.45. The van der Waals surface area contributed by atoms with Gasteiger partial charge in [-0.05, 0) is 42.2 Å². The molecule has 0 bridgehead atoms. The van der Waals surface area contributed by atoms with Gasteiger partial charge in [0.2, 0.25) is 10.0 Å². The van der Waals surface area contributed by atoms with Crippen LogP contribution in [0.2, 0.25) is 0 Å². The number of hydrogen-bond donors (Lipinski definition) is 1. The number of nitrogen functional groups attached to an aromatic ring is 1. The van der Waals surface area contributed by atoms with Gasteiger partial charge in [0.05, 0.1) is 18.3 Å². The van der Waals surface area contributed by atoms with Crippen LogP contribution in [-0.2, 0) is 16.6 Å². The molecule has 0 spiro atoms. The van der Waals surface area contributed by atoms with Gasteiger partial charge < -0.3 is 5.73 Å². The van der Waals surface area contributed by atoms with E-state index in [1.54, 1.807) is 10.5 Å². The number of anilines is 1. The van der Waals surface area contributed by atoms with E-state index < -0.39 is 10.0 Å². The minimum atomic E-state index is -3.19. The molecule has 184 valence electrons. The van der Waals surface area contributed by atoms with E-state index in [-0.39, 0.29) is 5.92 Å². The van der Waals surface area contributed by atoms with Gasteiger partial charge in [-0.25, -0.2) is 22.2 Å². The molecular formula is C25H26N8O2S. The van der Waals surface area contributed by atoms with Crippen molar-refractivity contribution in [3.05, 3.63) is 72.6 Å². The lowest BCUT2D eigenvalue weighted by molar-refractivity contribution is 0.317. The molecule has 5 aromatic rings. The molecular weight excluding hydrogens is 476 g/mol. The molecule has 2 N–H and O–H groups in total. The summed E-state index contributed by atoms with van der Waals surface area (Å²) in [5, 5.41) is 10.3. The second kappa shape index (κ2) is 8.68. The van der Waals surface area contributed by atoms with Crippen molar-refractivity contribution in [3.63, 3.8) is 0 Å². The number of hydrogen-bond acceptors (Lipinski definition) is 7. The smallest absolute Gasteiger partial charge is 0.211 e. The Morgan fingerprint density at radius 2 is 1.97 bits per heavy atom. The third-order valence-corrected chi connectivity index (χ3v) is 8.19. The molecule has 6 rings (SSSR count). The summed E-state index contributed by atoms with van der Waals surface area (Å²) in [6.07, 6.45) is 9.81. The van der Waals surface area contributed by atoms with Gasteiger partial charge >= 0.3 is 0 Å². The Morgan fingerprint density at radius 3 is 2.72 bits per heavy atom. The maximum Gasteiger partial charge on any atom is 0.211 e. The first-order valence-electron chi connectivity index (χ1n) is 11.8. The first kappa shape index (κ1) is 22.6. The van der Waals surface area contributed by atoms with Gasteiger partial charge in [0.15, 0.2) is 5.82 Å². The van der Waals surface area contributed by atoms with Crippen LogP contribution in [0, 0.1) is 0 Å². The van der Waals surface area contributed by atoms with Gasteiger partial charge in [0.1, 0.15) is 11.8 Å². The third kappa shape index (κ3) is 4.10. The zero-order valence-corrected chi connectivity index (χ0v) is 20.6. The highest BCUT2D eigenvalue weighted by Gasteiger charge is 2.29. The van der Waals surface area contributed by atoms with Gasteiger partial charge in [-0.2, -0.15) is 10.2 Å². The summed E-state index contributed by atoms with van der Waals surface area (Å²) in [6.45, 7) is 1.63. The highest BCUT2D eigenvalue weighted by Crippen LogP contribution is 2.37. The maximum atomic E-state index is 12.0. The lowest BCUT2D eigenvalue weighted by atomic mass is 9.94. The lowest BCUT2D eigenvalue weighted by Crippen LogP contribution is -2.37. The number of pyridine rings is 1. The van der Waals surface area contributed by atoms with Crippen molar-refractivity contribution in [2.45, 2.75) is 25.3 Å². The number of fused-ring (bicyclic) bond motifs is 2. The summed E-state index contributed by atoms with van der Waals surface area (Å²) in [5.74, 6) is 0.572. The standard InChI is InChI=1S/C25H26N8O2S/c1-36(34,35)32-9-6-18(7-10-32)23-12-21(24-25(26)28-16-29-33(23)24)19-4-5-20-15-31(30-22(20)11-19)14-17-3-2-8-27-13-17/h2-5,8,11-13,15-16,18H,6-7,9-10,14H2,1H3,(H2,26,28,29). The van der Waals surface area contributed by atoms with Gasteiger partial charge in [-0.3, -0.25) is 9.67 Å². The van der Waals surface area contributed by atoms with E-state index in [0.717, 1.165) is 51.6 Å². The normalized spacial score (nSPS) is 15.7. The fraction of sp³-hybridized carbons (Fsp3) is 0.280. The highest BCUT2D eigenvalue weighted by molar-refractivity contribution is 7.88. The molecule has 0 aliphatic carbocycles. The van der Waals surface area contributed by atoms with Gasteiger partial charge in [0.25, 0.3) is 0 Å². The van der Waals surface area contributed by atoms with Crippen molar-refractivity contribution in [2.75, 3.05) is 25.1 Å². The average molecular weight is 503 g/mol. The zero-order chi connectivity index (χ0) is 24.9. The second-order valence-corrected chi connectivity index (χ2v) is 11.3. The Morgan fingerprint density at radius 1 is 1.14 bits per heavy atom. The SMILES string of the molecule is CS(=O)(=O)N1CCC(c2cc(-c3ccc4cn(Cc5cccnc5)nc4c3)c3c(N)ncnn23)CC1. The third-order valence-electron chi connectivity index (χ3n) is 6.88. The van der Waals surface area contributed by atoms with Crippen molar-refractivity contribution >= 4 is 32.3 Å². The van der Waals surface area contributed by atoms with E-state index in [0.29, 0.717) is 25.5 Å². The predicted octanol–water partition coefficient (Wildman–Crippen LogP) is 2.91. The van der Waals surface area contributed by atoms with E-state index in [1.165, 1.54) is 12.6 Å². The van der Waals surface area contributed by atoms with E-state index in [2.05, 4.69) is 39.3 Å². The molecule has 1 aromatic carbocycles. The van der Waals surface area contributed by atoms with E-state index in [4.69, 9.17) is 10.8 Å². The first-order valence-corrected chi connectivity index (χ1v) is 13.7. The number of aromatic nitrogens is 6. The van der Waals surface area contributed by atoms with Crippen molar-refractivity contribution in [1.29, 1.82) is 0 Å². The Hall–Kier alpha value is -3.83. The number of rotatable bonds is 5. The minimum absolute atomic E-state index is 0.168. The summed E-state index contributed by atoms with van der Waals surface area (Å²) in [6, 6.07) is 12.3. The molecule has 0 atom stereocenters. The molecule has 1 aliphatic rings. The number of nitrogens with two attached hydrogens (primary N) is 1. The largest absolute Gasteiger partial charge is 0.382 e. The summed E-state index contributed by atoms with van der Waals surface area (Å²) in [4.78, 5) is 8.43. The summed E-state index contributed by atoms with van der Waals surface area (Å²) in [7, 11) is -3.19. The Balaban J connectivity index is 1.37. The quantitative estimate of drug-likeness (QED) is 0.392. The van der Waals surface area contributed by atoms with E-state index >= 15 is 0 Å². The zero-order valence-electron chi connectivity index (χ0n) is 19.8. The van der Waals surface area contributed by atoms with Crippen LogP contribution in [-0.4, -0.2) is 61.4 Å². The molecule has 1 fully saturated rings. The van der Waals surface area contributed by atoms with Crippen LogP contribution >= 0.6 is 0 Å². The predicted molar refractivity (Wildman–Crippen MR) is 138 cm³/mol. The fourth-order valence-electron chi connectivity index (χ4n) is 5.08. The molecule has 10 nitrogen and oxygen atoms in total. The van der Waals surface area contributed by atoms with Crippen LogP contribution in [0.25, 0.3) is 27.5 Å². The number of sulfonamides is 1. The van der Waals surface area contributed by atoms with Crippen molar-refractivity contribution < 1.29 is 8.42 Å². The summed E-state index contributed by atoms with van der Waals surface area (Å²) in [5.41, 5.74) is 12.0. The molecule has 0 saturated carbocycles. The Kier molecular flexibility index (Phi) is 5.45. The van der Waals surface area contributed by atoms with E-state index in [9.17, 15) is 8.42 Å². The van der Waals surface area contributed by atoms with Crippen LogP contribution in [0.15, 0.2) is 61.3 Å². The van der Waals surface area contributed by atoms with E-state index in [1.807, 2.05) is 33.7 Å². The monoisotopic (exact) mass is 502 g/mol. The first-order chi connectivity index (χ1) is 17.4. The number of benzene rings is 1.